The molecule has 1 N–H and O–H groups in total. The molecule has 0 radical (unpaired) electrons. The van der Waals surface area contributed by atoms with E-state index in [0.29, 0.717) is 0 Å². The van der Waals surface area contributed by atoms with Crippen molar-refractivity contribution in [1.82, 2.24) is 0 Å². The van der Waals surface area contributed by atoms with Gasteiger partial charge in [-0.05, 0) is 12.1 Å². The molecule has 0 aromatic heterocycles. The third-order valence-electron chi connectivity index (χ3n) is 1.87. The van der Waals surface area contributed by atoms with E-state index in [1.54, 1.807) is 7.11 Å². The first-order chi connectivity index (χ1) is 7.34. The third kappa shape index (κ3) is 5.30. The van der Waals surface area contributed by atoms with Gasteiger partial charge < -0.3 is 10.1 Å². The quantitative estimate of drug-likeness (QED) is 0.746. The van der Waals surface area contributed by atoms with Gasteiger partial charge in [-0.15, -0.1) is 0 Å². The summed E-state index contributed by atoms with van der Waals surface area (Å²) in [6.07, 6.45) is 0. The van der Waals surface area contributed by atoms with Crippen LogP contribution < -0.4 is 5.32 Å². The summed E-state index contributed by atoms with van der Waals surface area (Å²) >= 11 is 7.87. The van der Waals surface area contributed by atoms with E-state index >= 15 is 0 Å². The van der Waals surface area contributed by atoms with Crippen molar-refractivity contribution in [2.45, 2.75) is 0 Å². The second-order valence-electron chi connectivity index (χ2n) is 3.01. The number of hydrogen-bond acceptors (Lipinski definition) is 3. The van der Waals surface area contributed by atoms with Crippen molar-refractivity contribution in [3.63, 3.8) is 0 Å². The minimum atomic E-state index is 0.777. The van der Waals surface area contributed by atoms with Crippen LogP contribution in [-0.2, 0) is 4.74 Å². The highest BCUT2D eigenvalue weighted by Gasteiger charge is 1.96. The maximum absolute atomic E-state index is 6.00. The van der Waals surface area contributed by atoms with Gasteiger partial charge in [-0.25, -0.2) is 0 Å². The zero-order valence-electron chi connectivity index (χ0n) is 8.83. The van der Waals surface area contributed by atoms with Crippen LogP contribution in [0, 0.1) is 0 Å². The molecule has 0 saturated heterocycles. The summed E-state index contributed by atoms with van der Waals surface area (Å²) < 4.78 is 4.96. The molecule has 0 aliphatic carbocycles. The number of nitrogens with one attached hydrogen (secondary N) is 1. The monoisotopic (exact) mass is 245 g/mol. The van der Waals surface area contributed by atoms with Gasteiger partial charge in [-0.1, -0.05) is 23.7 Å². The van der Waals surface area contributed by atoms with Crippen LogP contribution in [0.25, 0.3) is 0 Å². The molecule has 0 bridgehead atoms. The minimum Gasteiger partial charge on any atom is -0.384 e. The average Bonchev–Trinajstić information content (AvgIpc) is 2.25. The zero-order chi connectivity index (χ0) is 10.9. The first-order valence-corrected chi connectivity index (χ1v) is 6.43. The highest BCUT2D eigenvalue weighted by molar-refractivity contribution is 7.99. The Morgan fingerprint density at radius 1 is 1.33 bits per heavy atom. The molecule has 0 fully saturated rings. The van der Waals surface area contributed by atoms with Crippen LogP contribution in [0.4, 0.5) is 5.69 Å². The summed E-state index contributed by atoms with van der Waals surface area (Å²) in [5.74, 6) is 2.11. The molecule has 0 aliphatic rings. The topological polar surface area (TPSA) is 21.3 Å². The van der Waals surface area contributed by atoms with Crippen molar-refractivity contribution in [2.75, 3.05) is 37.1 Å². The number of anilines is 1. The molecule has 1 aromatic carbocycles. The van der Waals surface area contributed by atoms with Crippen LogP contribution in [0.2, 0.25) is 5.02 Å². The molecule has 0 spiro atoms. The smallest absolute Gasteiger partial charge is 0.0637 e. The van der Waals surface area contributed by atoms with Crippen molar-refractivity contribution in [3.05, 3.63) is 29.3 Å². The number of ether oxygens (including phenoxy) is 1. The maximum atomic E-state index is 6.00. The highest BCUT2D eigenvalue weighted by Crippen LogP contribution is 2.20. The van der Waals surface area contributed by atoms with E-state index in [1.807, 2.05) is 36.0 Å². The molecule has 4 heteroatoms. The lowest BCUT2D eigenvalue weighted by molar-refractivity contribution is 0.218. The summed E-state index contributed by atoms with van der Waals surface area (Å²) in [5.41, 5.74) is 1.01. The Morgan fingerprint density at radius 2 is 2.13 bits per heavy atom. The summed E-state index contributed by atoms with van der Waals surface area (Å²) in [7, 11) is 1.72. The van der Waals surface area contributed by atoms with Gasteiger partial charge >= 0.3 is 0 Å². The summed E-state index contributed by atoms with van der Waals surface area (Å²) in [4.78, 5) is 0. The number of para-hydroxylation sites is 1. The Balaban J connectivity index is 2.12. The Hall–Kier alpha value is -0.380. The molecule has 0 amide bonds. The summed E-state index contributed by atoms with van der Waals surface area (Å²) in [6, 6.07) is 7.79. The molecule has 0 saturated carbocycles. The van der Waals surface area contributed by atoms with Crippen LogP contribution in [0.5, 0.6) is 0 Å². The van der Waals surface area contributed by atoms with E-state index in [4.69, 9.17) is 16.3 Å². The van der Waals surface area contributed by atoms with Crippen molar-refractivity contribution >= 4 is 29.1 Å². The maximum Gasteiger partial charge on any atom is 0.0637 e. The Labute approximate surface area is 100 Å². The SMILES string of the molecule is COCCSCCNc1ccccc1Cl. The Morgan fingerprint density at radius 3 is 2.87 bits per heavy atom. The fourth-order valence-corrected chi connectivity index (χ4v) is 2.04. The van der Waals surface area contributed by atoms with E-state index in [9.17, 15) is 0 Å². The molecule has 0 aliphatic heterocycles. The van der Waals surface area contributed by atoms with Crippen molar-refractivity contribution in [2.24, 2.45) is 0 Å². The van der Waals surface area contributed by atoms with Crippen LogP contribution in [0.1, 0.15) is 0 Å². The minimum absolute atomic E-state index is 0.777. The lowest BCUT2D eigenvalue weighted by Gasteiger charge is -2.07. The van der Waals surface area contributed by atoms with E-state index in [-0.39, 0.29) is 0 Å². The predicted octanol–water partition coefficient (Wildman–Crippen LogP) is 3.13. The molecule has 84 valence electrons. The van der Waals surface area contributed by atoms with Crippen LogP contribution in [0.3, 0.4) is 0 Å². The van der Waals surface area contributed by atoms with Gasteiger partial charge in [0.05, 0.1) is 17.3 Å². The molecule has 0 heterocycles. The molecule has 2 nitrogen and oxygen atoms in total. The lowest BCUT2D eigenvalue weighted by atomic mass is 10.3. The first-order valence-electron chi connectivity index (χ1n) is 4.89. The van der Waals surface area contributed by atoms with Gasteiger partial charge in [0, 0.05) is 25.2 Å². The predicted molar refractivity (Wildman–Crippen MR) is 69.1 cm³/mol. The molecular formula is C11H16ClNOS. The second kappa shape index (κ2) is 7.85. The number of rotatable bonds is 7. The van der Waals surface area contributed by atoms with Gasteiger partial charge in [0.1, 0.15) is 0 Å². The van der Waals surface area contributed by atoms with E-state index in [0.717, 1.165) is 35.4 Å². The van der Waals surface area contributed by atoms with Gasteiger partial charge in [0.25, 0.3) is 0 Å². The third-order valence-corrected chi connectivity index (χ3v) is 3.15. The van der Waals surface area contributed by atoms with E-state index in [2.05, 4.69) is 5.32 Å². The van der Waals surface area contributed by atoms with E-state index < -0.39 is 0 Å². The lowest BCUT2D eigenvalue weighted by Crippen LogP contribution is -2.05. The van der Waals surface area contributed by atoms with Gasteiger partial charge in [0.15, 0.2) is 0 Å². The molecule has 1 aromatic rings. The summed E-state index contributed by atoms with van der Waals surface area (Å²) in [5, 5.41) is 4.07. The highest BCUT2D eigenvalue weighted by atomic mass is 35.5. The standard InChI is InChI=1S/C11H16ClNOS/c1-14-7-9-15-8-6-13-11-5-3-2-4-10(11)12/h2-5,13H,6-9H2,1H3. The first kappa shape index (κ1) is 12.7. The number of thioether (sulfide) groups is 1. The molecular weight excluding hydrogens is 230 g/mol. The van der Waals surface area contributed by atoms with Crippen LogP contribution in [-0.4, -0.2) is 31.8 Å². The average molecular weight is 246 g/mol. The molecule has 1 rings (SSSR count). The largest absolute Gasteiger partial charge is 0.384 e. The van der Waals surface area contributed by atoms with Crippen LogP contribution >= 0.6 is 23.4 Å². The van der Waals surface area contributed by atoms with Gasteiger partial charge in [-0.2, -0.15) is 11.8 Å². The summed E-state index contributed by atoms with van der Waals surface area (Å²) in [6.45, 7) is 1.74. The number of methoxy groups -OCH3 is 1. The molecule has 0 unspecified atom stereocenters. The Kier molecular flexibility index (Phi) is 6.64. The normalized spacial score (nSPS) is 10.3. The zero-order valence-corrected chi connectivity index (χ0v) is 10.4. The number of hydrogen-bond donors (Lipinski definition) is 1. The fourth-order valence-electron chi connectivity index (χ4n) is 1.11. The van der Waals surface area contributed by atoms with Crippen molar-refractivity contribution in [1.29, 1.82) is 0 Å². The van der Waals surface area contributed by atoms with Gasteiger partial charge in [-0.3, -0.25) is 0 Å². The fraction of sp³-hybridized carbons (Fsp3) is 0.455. The molecule has 15 heavy (non-hydrogen) atoms. The number of benzene rings is 1. The van der Waals surface area contributed by atoms with Crippen LogP contribution in [0.15, 0.2) is 24.3 Å². The van der Waals surface area contributed by atoms with E-state index in [1.165, 1.54) is 0 Å². The molecule has 0 atom stereocenters. The van der Waals surface area contributed by atoms with Gasteiger partial charge in [0.2, 0.25) is 0 Å². The van der Waals surface area contributed by atoms with Crippen molar-refractivity contribution in [3.8, 4) is 0 Å². The number of halogens is 1. The Bertz CT molecular complexity index is 283. The van der Waals surface area contributed by atoms with Crippen molar-refractivity contribution < 1.29 is 4.74 Å². The second-order valence-corrected chi connectivity index (χ2v) is 4.64.